The molecule has 0 unspecified atom stereocenters. The molecule has 0 spiro atoms. The maximum Gasteiger partial charge on any atom is 0.271 e. The van der Waals surface area contributed by atoms with Gasteiger partial charge in [0.1, 0.15) is 11.5 Å². The van der Waals surface area contributed by atoms with Gasteiger partial charge in [0.25, 0.3) is 5.91 Å². The minimum Gasteiger partial charge on any atom is -0.355 e. The highest BCUT2D eigenvalue weighted by Crippen LogP contribution is 2.16. The summed E-state index contributed by atoms with van der Waals surface area (Å²) in [5, 5.41) is 3.53. The molecule has 0 bridgehead atoms. The van der Waals surface area contributed by atoms with Crippen LogP contribution in [-0.2, 0) is 6.54 Å². The van der Waals surface area contributed by atoms with Crippen LogP contribution in [-0.4, -0.2) is 29.0 Å². The van der Waals surface area contributed by atoms with Crippen LogP contribution in [0.5, 0.6) is 0 Å². The van der Waals surface area contributed by atoms with E-state index in [1.54, 1.807) is 24.5 Å². The Morgan fingerprint density at radius 2 is 1.75 bits per heavy atom. The Bertz CT molecular complexity index is 664. The molecule has 2 heterocycles. The van der Waals surface area contributed by atoms with Crippen LogP contribution in [0.2, 0.25) is 5.02 Å². The predicted octanol–water partition coefficient (Wildman–Crippen LogP) is 3.44. The molecule has 1 fully saturated rings. The average molecular weight is 345 g/mol. The Balaban J connectivity index is 1.58. The van der Waals surface area contributed by atoms with E-state index >= 15 is 0 Å². The molecule has 0 saturated carbocycles. The number of hydrogen-bond donors (Lipinski definition) is 1. The van der Waals surface area contributed by atoms with Gasteiger partial charge in [-0.2, -0.15) is 0 Å². The Hall–Kier alpha value is -2.14. The monoisotopic (exact) mass is 344 g/mol. The SMILES string of the molecule is O=C(NCc1ccc(Cl)cc1)c1cnc(N2CCCCCC2)cn1. The Morgan fingerprint density at radius 1 is 1.04 bits per heavy atom. The largest absolute Gasteiger partial charge is 0.355 e. The molecular formula is C18H21ClN4O. The standard InChI is InChI=1S/C18H21ClN4O/c19-15-7-5-14(6-8-15)11-22-18(24)16-12-21-17(13-20-16)23-9-3-1-2-4-10-23/h5-8,12-13H,1-4,9-11H2,(H,22,24). The lowest BCUT2D eigenvalue weighted by molar-refractivity contribution is 0.0945. The zero-order valence-electron chi connectivity index (χ0n) is 13.5. The lowest BCUT2D eigenvalue weighted by Crippen LogP contribution is -2.27. The molecule has 1 saturated heterocycles. The van der Waals surface area contributed by atoms with Gasteiger partial charge in [0.15, 0.2) is 0 Å². The van der Waals surface area contributed by atoms with Gasteiger partial charge < -0.3 is 10.2 Å². The van der Waals surface area contributed by atoms with Crippen molar-refractivity contribution in [3.05, 3.63) is 52.9 Å². The van der Waals surface area contributed by atoms with Crippen LogP contribution < -0.4 is 10.2 Å². The van der Waals surface area contributed by atoms with Crippen molar-refractivity contribution in [1.29, 1.82) is 0 Å². The van der Waals surface area contributed by atoms with E-state index in [2.05, 4.69) is 20.2 Å². The van der Waals surface area contributed by atoms with Crippen molar-refractivity contribution in [2.75, 3.05) is 18.0 Å². The third-order valence-corrected chi connectivity index (χ3v) is 4.42. The summed E-state index contributed by atoms with van der Waals surface area (Å²) in [7, 11) is 0. The number of anilines is 1. The smallest absolute Gasteiger partial charge is 0.271 e. The molecule has 1 amide bonds. The number of halogens is 1. The summed E-state index contributed by atoms with van der Waals surface area (Å²) in [5.74, 6) is 0.631. The van der Waals surface area contributed by atoms with Crippen LogP contribution in [0, 0.1) is 0 Å². The second kappa shape index (κ2) is 8.11. The number of nitrogens with one attached hydrogen (secondary N) is 1. The normalized spacial score (nSPS) is 15.0. The van der Waals surface area contributed by atoms with E-state index in [0.717, 1.165) is 24.5 Å². The van der Waals surface area contributed by atoms with Crippen LogP contribution in [0.25, 0.3) is 0 Å². The van der Waals surface area contributed by atoms with Gasteiger partial charge in [0, 0.05) is 24.7 Å². The van der Waals surface area contributed by atoms with Crippen LogP contribution in [0.3, 0.4) is 0 Å². The zero-order valence-corrected chi connectivity index (χ0v) is 14.3. The van der Waals surface area contributed by atoms with E-state index < -0.39 is 0 Å². The van der Waals surface area contributed by atoms with Crippen molar-refractivity contribution in [3.63, 3.8) is 0 Å². The molecule has 1 aromatic heterocycles. The number of amides is 1. The predicted molar refractivity (Wildman–Crippen MR) is 95.3 cm³/mol. The van der Waals surface area contributed by atoms with E-state index in [1.807, 2.05) is 12.1 Å². The fourth-order valence-corrected chi connectivity index (χ4v) is 2.90. The van der Waals surface area contributed by atoms with E-state index in [0.29, 0.717) is 17.3 Å². The number of hydrogen-bond acceptors (Lipinski definition) is 4. The van der Waals surface area contributed by atoms with Crippen molar-refractivity contribution in [3.8, 4) is 0 Å². The summed E-state index contributed by atoms with van der Waals surface area (Å²) < 4.78 is 0. The van der Waals surface area contributed by atoms with Crippen LogP contribution in [0.15, 0.2) is 36.7 Å². The van der Waals surface area contributed by atoms with Crippen LogP contribution >= 0.6 is 11.6 Å². The molecule has 0 atom stereocenters. The third-order valence-electron chi connectivity index (χ3n) is 4.17. The molecule has 1 N–H and O–H groups in total. The van der Waals surface area contributed by atoms with Crippen LogP contribution in [0.4, 0.5) is 5.82 Å². The molecule has 1 aliphatic heterocycles. The average Bonchev–Trinajstić information content (AvgIpc) is 2.90. The second-order valence-corrected chi connectivity index (χ2v) is 6.41. The molecule has 1 aliphatic rings. The van der Waals surface area contributed by atoms with E-state index in [4.69, 9.17) is 11.6 Å². The number of rotatable bonds is 4. The Kier molecular flexibility index (Phi) is 5.64. The first kappa shape index (κ1) is 16.7. The van der Waals surface area contributed by atoms with Crippen molar-refractivity contribution >= 4 is 23.3 Å². The minimum atomic E-state index is -0.222. The number of carbonyl (C=O) groups excluding carboxylic acids is 1. The number of carbonyl (C=O) groups is 1. The molecule has 2 aromatic rings. The highest BCUT2D eigenvalue weighted by molar-refractivity contribution is 6.30. The lowest BCUT2D eigenvalue weighted by atomic mass is 10.2. The van der Waals surface area contributed by atoms with E-state index in [-0.39, 0.29) is 5.91 Å². The first-order valence-corrected chi connectivity index (χ1v) is 8.70. The molecule has 3 rings (SSSR count). The first-order valence-electron chi connectivity index (χ1n) is 8.32. The Morgan fingerprint density at radius 3 is 2.38 bits per heavy atom. The van der Waals surface area contributed by atoms with Crippen molar-refractivity contribution < 1.29 is 4.79 Å². The van der Waals surface area contributed by atoms with Gasteiger partial charge >= 0.3 is 0 Å². The maximum atomic E-state index is 12.2. The van der Waals surface area contributed by atoms with Gasteiger partial charge in [-0.1, -0.05) is 36.6 Å². The highest BCUT2D eigenvalue weighted by atomic mass is 35.5. The minimum absolute atomic E-state index is 0.222. The van der Waals surface area contributed by atoms with Gasteiger partial charge in [-0.3, -0.25) is 4.79 Å². The second-order valence-electron chi connectivity index (χ2n) is 5.97. The molecule has 126 valence electrons. The van der Waals surface area contributed by atoms with Gasteiger partial charge in [-0.15, -0.1) is 0 Å². The van der Waals surface area contributed by atoms with E-state index in [1.165, 1.54) is 25.7 Å². The van der Waals surface area contributed by atoms with Crippen molar-refractivity contribution in [2.45, 2.75) is 32.2 Å². The highest BCUT2D eigenvalue weighted by Gasteiger charge is 2.13. The zero-order chi connectivity index (χ0) is 16.8. The summed E-state index contributed by atoms with van der Waals surface area (Å²) >= 11 is 5.85. The molecule has 24 heavy (non-hydrogen) atoms. The van der Waals surface area contributed by atoms with E-state index in [9.17, 15) is 4.79 Å². The fourth-order valence-electron chi connectivity index (χ4n) is 2.78. The van der Waals surface area contributed by atoms with Gasteiger partial charge in [-0.05, 0) is 30.5 Å². The summed E-state index contributed by atoms with van der Waals surface area (Å²) in [4.78, 5) is 23.1. The molecular weight excluding hydrogens is 324 g/mol. The molecule has 0 radical (unpaired) electrons. The maximum absolute atomic E-state index is 12.2. The quantitative estimate of drug-likeness (QED) is 0.923. The van der Waals surface area contributed by atoms with Gasteiger partial charge in [-0.25, -0.2) is 9.97 Å². The topological polar surface area (TPSA) is 58.1 Å². The molecule has 1 aromatic carbocycles. The molecule has 0 aliphatic carbocycles. The third kappa shape index (κ3) is 4.45. The van der Waals surface area contributed by atoms with Crippen molar-refractivity contribution in [1.82, 2.24) is 15.3 Å². The summed E-state index contributed by atoms with van der Waals surface area (Å²) in [5.41, 5.74) is 1.32. The molecule has 5 nitrogen and oxygen atoms in total. The van der Waals surface area contributed by atoms with Crippen LogP contribution in [0.1, 0.15) is 41.7 Å². The summed E-state index contributed by atoms with van der Waals surface area (Å²) in [6.45, 7) is 2.46. The number of nitrogens with zero attached hydrogens (tertiary/aromatic N) is 3. The van der Waals surface area contributed by atoms with Gasteiger partial charge in [0.05, 0.1) is 12.4 Å². The molecule has 6 heteroatoms. The van der Waals surface area contributed by atoms with Gasteiger partial charge in [0.2, 0.25) is 0 Å². The lowest BCUT2D eigenvalue weighted by Gasteiger charge is -2.20. The summed E-state index contributed by atoms with van der Waals surface area (Å²) in [6.07, 6.45) is 8.17. The van der Waals surface area contributed by atoms with Crippen molar-refractivity contribution in [2.24, 2.45) is 0 Å². The first-order chi connectivity index (χ1) is 11.7. The fraction of sp³-hybridized carbons (Fsp3) is 0.389. The number of aromatic nitrogens is 2. The number of benzene rings is 1. The Labute approximate surface area is 147 Å². The summed E-state index contributed by atoms with van der Waals surface area (Å²) in [6, 6.07) is 7.38.